The fourth-order valence-electron chi connectivity index (χ4n) is 4.28. The molecule has 0 spiro atoms. The third kappa shape index (κ3) is 4.46. The van der Waals surface area contributed by atoms with Crippen LogP contribution in [0.15, 0.2) is 43.1 Å². The highest BCUT2D eigenvalue weighted by atomic mass is 32.2. The molecule has 3 aromatic rings. The van der Waals surface area contributed by atoms with E-state index in [9.17, 15) is 8.42 Å². The van der Waals surface area contributed by atoms with Gasteiger partial charge in [-0.05, 0) is 49.3 Å². The van der Waals surface area contributed by atoms with Gasteiger partial charge in [0, 0.05) is 45.3 Å². The van der Waals surface area contributed by atoms with Crippen LogP contribution in [0, 0.1) is 5.92 Å². The Kier molecular flexibility index (Phi) is 6.01. The first-order valence-electron chi connectivity index (χ1n) is 10.3. The quantitative estimate of drug-likeness (QED) is 0.622. The van der Waals surface area contributed by atoms with Gasteiger partial charge >= 0.3 is 0 Å². The number of nitrogens with one attached hydrogen (secondary N) is 1. The first-order valence-corrected chi connectivity index (χ1v) is 11.9. The molecule has 1 saturated carbocycles. The Labute approximate surface area is 177 Å². The number of hydrogen-bond donors (Lipinski definition) is 1. The number of fused-ring (bicyclic) bond motifs is 1. The Morgan fingerprint density at radius 3 is 2.67 bits per heavy atom. The Bertz CT molecular complexity index is 1080. The maximum absolute atomic E-state index is 12.8. The molecular formula is C21H28N6O2S. The Hall–Kier alpha value is -2.52. The zero-order valence-corrected chi connectivity index (χ0v) is 18.2. The van der Waals surface area contributed by atoms with Crippen molar-refractivity contribution in [1.29, 1.82) is 0 Å². The lowest BCUT2D eigenvalue weighted by atomic mass is 9.86. The maximum Gasteiger partial charge on any atom is 0.214 e. The number of aromatic nitrogens is 4. The molecule has 4 rings (SSSR count). The molecule has 0 radical (unpaired) electrons. The Balaban J connectivity index is 1.34. The molecule has 160 valence electrons. The lowest BCUT2D eigenvalue weighted by molar-refractivity contribution is 0.335. The van der Waals surface area contributed by atoms with Gasteiger partial charge in [-0.15, -0.1) is 0 Å². The molecule has 30 heavy (non-hydrogen) atoms. The number of anilines is 1. The van der Waals surface area contributed by atoms with Crippen LogP contribution < -0.4 is 4.90 Å². The van der Waals surface area contributed by atoms with Gasteiger partial charge in [-0.3, -0.25) is 4.98 Å². The highest BCUT2D eigenvalue weighted by Gasteiger charge is 2.30. The van der Waals surface area contributed by atoms with E-state index in [4.69, 9.17) is 0 Å². The molecule has 0 aromatic carbocycles. The van der Waals surface area contributed by atoms with Gasteiger partial charge in [-0.2, -0.15) is 0 Å². The van der Waals surface area contributed by atoms with E-state index in [2.05, 4.69) is 31.9 Å². The summed E-state index contributed by atoms with van der Waals surface area (Å²) in [5.74, 6) is 1.32. The summed E-state index contributed by atoms with van der Waals surface area (Å²) in [6.07, 6.45) is 10.6. The van der Waals surface area contributed by atoms with Crippen molar-refractivity contribution in [3.63, 3.8) is 0 Å². The summed E-state index contributed by atoms with van der Waals surface area (Å²) in [6, 6.07) is 6.07. The fraction of sp³-hybridized carbons (Fsp3) is 0.476. The van der Waals surface area contributed by atoms with Crippen LogP contribution in [0.5, 0.6) is 0 Å². The predicted molar refractivity (Wildman–Crippen MR) is 118 cm³/mol. The fourth-order valence-corrected chi connectivity index (χ4v) is 5.81. The van der Waals surface area contributed by atoms with Crippen LogP contribution in [-0.4, -0.2) is 58.5 Å². The number of sulfonamides is 1. The first kappa shape index (κ1) is 20.7. The molecule has 0 unspecified atom stereocenters. The number of pyridine rings is 1. The molecule has 1 aliphatic rings. The van der Waals surface area contributed by atoms with E-state index in [0.717, 1.165) is 48.1 Å². The standard InChI is InChI=1S/C21H28N6O2S/c1-26(13-17-4-3-10-22-12-17)30(28,29)14-16-5-7-18(8-6-16)27(2)21-19-9-11-23-20(19)24-15-25-21/h3-4,9-12,15-16,18H,5-8,13-14H2,1-2H3,(H,23,24,25). The molecule has 1 aliphatic carbocycles. The van der Waals surface area contributed by atoms with Gasteiger partial charge < -0.3 is 9.88 Å². The lowest BCUT2D eigenvalue weighted by Crippen LogP contribution is -2.38. The lowest BCUT2D eigenvalue weighted by Gasteiger charge is -2.35. The zero-order valence-electron chi connectivity index (χ0n) is 17.4. The molecule has 8 nitrogen and oxygen atoms in total. The summed E-state index contributed by atoms with van der Waals surface area (Å²) in [5.41, 5.74) is 1.73. The van der Waals surface area contributed by atoms with Crippen molar-refractivity contribution in [2.75, 3.05) is 24.7 Å². The molecule has 1 N–H and O–H groups in total. The van der Waals surface area contributed by atoms with Gasteiger partial charge in [0.15, 0.2) is 0 Å². The molecule has 3 heterocycles. The third-order valence-corrected chi connectivity index (χ3v) is 8.05. The van der Waals surface area contributed by atoms with Crippen LogP contribution in [0.4, 0.5) is 5.82 Å². The van der Waals surface area contributed by atoms with Crippen LogP contribution in [0.25, 0.3) is 11.0 Å². The van der Waals surface area contributed by atoms with Crippen molar-refractivity contribution in [3.8, 4) is 0 Å². The number of rotatable bonds is 7. The minimum Gasteiger partial charge on any atom is -0.356 e. The van der Waals surface area contributed by atoms with Gasteiger partial charge in [0.05, 0.1) is 11.1 Å². The maximum atomic E-state index is 12.8. The van der Waals surface area contributed by atoms with Crippen LogP contribution >= 0.6 is 0 Å². The second kappa shape index (κ2) is 8.69. The average molecular weight is 429 g/mol. The Morgan fingerprint density at radius 1 is 1.13 bits per heavy atom. The van der Waals surface area contributed by atoms with Crippen molar-refractivity contribution in [1.82, 2.24) is 24.2 Å². The van der Waals surface area contributed by atoms with E-state index in [0.29, 0.717) is 12.6 Å². The molecule has 0 saturated heterocycles. The highest BCUT2D eigenvalue weighted by Crippen LogP contribution is 2.32. The first-order chi connectivity index (χ1) is 14.4. The van der Waals surface area contributed by atoms with Crippen LogP contribution in [0.3, 0.4) is 0 Å². The monoisotopic (exact) mass is 428 g/mol. The van der Waals surface area contributed by atoms with Crippen LogP contribution in [-0.2, 0) is 16.6 Å². The minimum atomic E-state index is -3.30. The largest absolute Gasteiger partial charge is 0.356 e. The topological polar surface area (TPSA) is 95.1 Å². The van der Waals surface area contributed by atoms with Gasteiger partial charge in [0.25, 0.3) is 0 Å². The normalized spacial score (nSPS) is 20.0. The van der Waals surface area contributed by atoms with Crippen molar-refractivity contribution in [3.05, 3.63) is 48.7 Å². The van der Waals surface area contributed by atoms with Crippen molar-refractivity contribution < 1.29 is 8.42 Å². The van der Waals surface area contributed by atoms with E-state index >= 15 is 0 Å². The van der Waals surface area contributed by atoms with Crippen molar-refractivity contribution in [2.24, 2.45) is 5.92 Å². The Morgan fingerprint density at radius 2 is 1.93 bits per heavy atom. The van der Waals surface area contributed by atoms with Crippen molar-refractivity contribution >= 4 is 26.9 Å². The van der Waals surface area contributed by atoms with E-state index < -0.39 is 10.0 Å². The van der Waals surface area contributed by atoms with Gasteiger partial charge in [-0.1, -0.05) is 6.07 Å². The van der Waals surface area contributed by atoms with E-state index in [1.54, 1.807) is 25.8 Å². The predicted octanol–water partition coefficient (Wildman–Crippen LogP) is 2.81. The molecule has 0 aliphatic heterocycles. The van der Waals surface area contributed by atoms with Crippen LogP contribution in [0.1, 0.15) is 31.2 Å². The minimum absolute atomic E-state index is 0.189. The smallest absolute Gasteiger partial charge is 0.214 e. The summed E-state index contributed by atoms with van der Waals surface area (Å²) >= 11 is 0. The molecule has 9 heteroatoms. The van der Waals surface area contributed by atoms with Gasteiger partial charge in [0.2, 0.25) is 10.0 Å². The van der Waals surface area contributed by atoms with Gasteiger partial charge in [-0.25, -0.2) is 22.7 Å². The second-order valence-electron chi connectivity index (χ2n) is 8.12. The van der Waals surface area contributed by atoms with Crippen molar-refractivity contribution in [2.45, 2.75) is 38.3 Å². The summed E-state index contributed by atoms with van der Waals surface area (Å²) in [7, 11) is 0.417. The average Bonchev–Trinajstić information content (AvgIpc) is 3.23. The number of H-pyrrole nitrogens is 1. The summed E-state index contributed by atoms with van der Waals surface area (Å²) in [4.78, 5) is 18.2. The molecule has 1 fully saturated rings. The van der Waals surface area contributed by atoms with Crippen LogP contribution in [0.2, 0.25) is 0 Å². The summed E-state index contributed by atoms with van der Waals surface area (Å²) in [5, 5.41) is 1.02. The van der Waals surface area contributed by atoms with E-state index in [1.165, 1.54) is 4.31 Å². The molecule has 0 atom stereocenters. The van der Waals surface area contributed by atoms with E-state index in [-0.39, 0.29) is 11.7 Å². The number of nitrogens with zero attached hydrogens (tertiary/aromatic N) is 5. The molecular weight excluding hydrogens is 400 g/mol. The summed E-state index contributed by atoms with van der Waals surface area (Å²) < 4.78 is 27.1. The molecule has 0 bridgehead atoms. The number of hydrogen-bond acceptors (Lipinski definition) is 6. The molecule has 0 amide bonds. The summed E-state index contributed by atoms with van der Waals surface area (Å²) in [6.45, 7) is 0.356. The third-order valence-electron chi connectivity index (χ3n) is 6.08. The SMILES string of the molecule is CN(c1ncnc2[nH]ccc12)C1CCC(CS(=O)(=O)N(C)Cc2cccnc2)CC1. The number of aromatic amines is 1. The highest BCUT2D eigenvalue weighted by molar-refractivity contribution is 7.89. The zero-order chi connectivity index (χ0) is 21.1. The van der Waals surface area contributed by atoms with Gasteiger partial charge in [0.1, 0.15) is 17.8 Å². The second-order valence-corrected chi connectivity index (χ2v) is 10.2. The van der Waals surface area contributed by atoms with E-state index in [1.807, 2.05) is 24.4 Å². The molecule has 3 aromatic heterocycles.